The second kappa shape index (κ2) is 11.9. The largest absolute Gasteiger partial charge is 0.493 e. The molecule has 0 aliphatic carbocycles. The fourth-order valence-corrected chi connectivity index (χ4v) is 2.08. The molecule has 0 saturated carbocycles. The topological polar surface area (TPSA) is 91.2 Å². The number of benzene rings is 1. The molecule has 24 heavy (non-hydrogen) atoms. The third kappa shape index (κ3) is 9.46. The van der Waals surface area contributed by atoms with Crippen molar-refractivity contribution in [3.63, 3.8) is 0 Å². The zero-order valence-corrected chi connectivity index (χ0v) is 14.1. The first-order valence-corrected chi connectivity index (χ1v) is 8.26. The van der Waals surface area contributed by atoms with Crippen molar-refractivity contribution in [3.05, 3.63) is 24.3 Å². The van der Waals surface area contributed by atoms with Gasteiger partial charge in [-0.25, -0.2) is 0 Å². The number of anilines is 1. The van der Waals surface area contributed by atoms with Gasteiger partial charge in [-0.05, 0) is 31.4 Å². The van der Waals surface area contributed by atoms with Crippen LogP contribution in [0.4, 0.5) is 5.69 Å². The lowest BCUT2D eigenvalue weighted by Crippen LogP contribution is -2.20. The van der Waals surface area contributed by atoms with Crippen LogP contribution < -0.4 is 15.4 Å². The maximum atomic E-state index is 11.9. The molecule has 2 amide bonds. The molecule has 0 saturated heterocycles. The van der Waals surface area contributed by atoms with Gasteiger partial charge in [-0.1, -0.05) is 12.5 Å². The van der Waals surface area contributed by atoms with Gasteiger partial charge in [0.05, 0.1) is 12.7 Å². The van der Waals surface area contributed by atoms with Crippen LogP contribution >= 0.6 is 0 Å². The standard InChI is InChI=1S/C18H25N3O3/c1-15(22)20-12-5-2-3-10-18(23)21-16-8-7-9-17(14-16)24-13-6-4-11-19/h7-9,14H,2-6,10,12-13H2,1H3,(H,20,22)(H,21,23). The minimum Gasteiger partial charge on any atom is -0.493 e. The van der Waals surface area contributed by atoms with Crippen molar-refractivity contribution >= 4 is 17.5 Å². The van der Waals surface area contributed by atoms with E-state index >= 15 is 0 Å². The number of unbranched alkanes of at least 4 members (excludes halogenated alkanes) is 3. The van der Waals surface area contributed by atoms with Crippen LogP contribution in [0, 0.1) is 11.3 Å². The van der Waals surface area contributed by atoms with Crippen LogP contribution in [0.25, 0.3) is 0 Å². The molecule has 1 aromatic rings. The number of nitrogens with one attached hydrogen (secondary N) is 2. The van der Waals surface area contributed by atoms with Crippen molar-refractivity contribution in [1.82, 2.24) is 5.32 Å². The van der Waals surface area contributed by atoms with E-state index in [1.807, 2.05) is 18.2 Å². The first kappa shape index (κ1) is 19.5. The second-order valence-electron chi connectivity index (χ2n) is 5.48. The van der Waals surface area contributed by atoms with E-state index < -0.39 is 0 Å². The third-order valence-electron chi connectivity index (χ3n) is 3.27. The molecule has 0 atom stereocenters. The number of rotatable bonds is 11. The van der Waals surface area contributed by atoms with Gasteiger partial charge in [-0.3, -0.25) is 9.59 Å². The molecule has 0 fully saturated rings. The summed E-state index contributed by atoms with van der Waals surface area (Å²) in [5.41, 5.74) is 0.705. The van der Waals surface area contributed by atoms with Gasteiger partial charge in [-0.15, -0.1) is 0 Å². The number of carbonyl (C=O) groups excluding carboxylic acids is 2. The van der Waals surface area contributed by atoms with Gasteiger partial charge in [0, 0.05) is 38.1 Å². The van der Waals surface area contributed by atoms with Crippen LogP contribution in [0.2, 0.25) is 0 Å². The number of nitriles is 1. The van der Waals surface area contributed by atoms with E-state index in [-0.39, 0.29) is 11.8 Å². The molecule has 1 aromatic carbocycles. The summed E-state index contributed by atoms with van der Waals surface area (Å²) in [6.07, 6.45) is 4.17. The molecule has 0 bridgehead atoms. The molecule has 130 valence electrons. The van der Waals surface area contributed by atoms with Crippen molar-refractivity contribution in [2.45, 2.75) is 45.4 Å². The molecular formula is C18H25N3O3. The third-order valence-corrected chi connectivity index (χ3v) is 3.27. The SMILES string of the molecule is CC(=O)NCCCCCC(=O)Nc1cccc(OCCCC#N)c1. The lowest BCUT2D eigenvalue weighted by Gasteiger charge is -2.09. The maximum absolute atomic E-state index is 11.9. The van der Waals surface area contributed by atoms with Crippen molar-refractivity contribution in [3.8, 4) is 11.8 Å². The van der Waals surface area contributed by atoms with Gasteiger partial charge in [0.15, 0.2) is 0 Å². The molecule has 2 N–H and O–H groups in total. The van der Waals surface area contributed by atoms with Crippen molar-refractivity contribution in [2.75, 3.05) is 18.5 Å². The molecule has 0 radical (unpaired) electrons. The van der Waals surface area contributed by atoms with Gasteiger partial charge in [0.25, 0.3) is 0 Å². The summed E-state index contributed by atoms with van der Waals surface area (Å²) in [7, 11) is 0. The molecule has 6 heteroatoms. The summed E-state index contributed by atoms with van der Waals surface area (Å²) in [5.74, 6) is 0.625. The Balaban J connectivity index is 2.23. The second-order valence-corrected chi connectivity index (χ2v) is 5.48. The highest BCUT2D eigenvalue weighted by Gasteiger charge is 2.04. The van der Waals surface area contributed by atoms with E-state index in [1.165, 1.54) is 6.92 Å². The normalized spacial score (nSPS) is 9.83. The Morgan fingerprint density at radius 3 is 2.79 bits per heavy atom. The van der Waals surface area contributed by atoms with Gasteiger partial charge in [0.2, 0.25) is 11.8 Å². The summed E-state index contributed by atoms with van der Waals surface area (Å²) < 4.78 is 5.54. The molecule has 6 nitrogen and oxygen atoms in total. The number of amides is 2. The molecule has 1 rings (SSSR count). The van der Waals surface area contributed by atoms with Crippen molar-refractivity contribution < 1.29 is 14.3 Å². The van der Waals surface area contributed by atoms with E-state index in [2.05, 4.69) is 16.7 Å². The lowest BCUT2D eigenvalue weighted by molar-refractivity contribution is -0.119. The zero-order chi connectivity index (χ0) is 17.6. The summed E-state index contributed by atoms with van der Waals surface area (Å²) in [5, 5.41) is 14.1. The van der Waals surface area contributed by atoms with Crippen LogP contribution in [0.5, 0.6) is 5.75 Å². The highest BCUT2D eigenvalue weighted by molar-refractivity contribution is 5.90. The fraction of sp³-hybridized carbons (Fsp3) is 0.500. The Labute approximate surface area is 143 Å². The van der Waals surface area contributed by atoms with Gasteiger partial charge < -0.3 is 15.4 Å². The van der Waals surface area contributed by atoms with Crippen LogP contribution in [-0.4, -0.2) is 25.0 Å². The molecule has 0 aromatic heterocycles. The maximum Gasteiger partial charge on any atom is 0.224 e. The van der Waals surface area contributed by atoms with Crippen LogP contribution in [0.15, 0.2) is 24.3 Å². The smallest absolute Gasteiger partial charge is 0.224 e. The Bertz CT molecular complexity index is 567. The minimum atomic E-state index is -0.0313. The Morgan fingerprint density at radius 2 is 2.04 bits per heavy atom. The average molecular weight is 331 g/mol. The zero-order valence-electron chi connectivity index (χ0n) is 14.1. The summed E-state index contributed by atoms with van der Waals surface area (Å²) in [6, 6.07) is 9.31. The predicted molar refractivity (Wildman–Crippen MR) is 92.6 cm³/mol. The first-order valence-electron chi connectivity index (χ1n) is 8.26. The van der Waals surface area contributed by atoms with Gasteiger partial charge in [-0.2, -0.15) is 5.26 Å². The number of carbonyl (C=O) groups is 2. The monoisotopic (exact) mass is 331 g/mol. The molecule has 0 aliphatic heterocycles. The Morgan fingerprint density at radius 1 is 1.21 bits per heavy atom. The van der Waals surface area contributed by atoms with Crippen LogP contribution in [-0.2, 0) is 9.59 Å². The number of hydrogen-bond acceptors (Lipinski definition) is 4. The van der Waals surface area contributed by atoms with Gasteiger partial charge >= 0.3 is 0 Å². The summed E-state index contributed by atoms with van der Waals surface area (Å²) >= 11 is 0. The Hall–Kier alpha value is -2.55. The molecule has 0 aliphatic rings. The number of ether oxygens (including phenoxy) is 1. The van der Waals surface area contributed by atoms with E-state index in [0.29, 0.717) is 43.9 Å². The lowest BCUT2D eigenvalue weighted by atomic mass is 10.2. The quantitative estimate of drug-likeness (QED) is 0.610. The molecular weight excluding hydrogens is 306 g/mol. The predicted octanol–water partition coefficient (Wildman–Crippen LogP) is 3.00. The minimum absolute atomic E-state index is 0.0255. The van der Waals surface area contributed by atoms with Crippen LogP contribution in [0.1, 0.15) is 45.4 Å². The number of hydrogen-bond donors (Lipinski definition) is 2. The molecule has 0 unspecified atom stereocenters. The van der Waals surface area contributed by atoms with Gasteiger partial charge in [0.1, 0.15) is 5.75 Å². The average Bonchev–Trinajstić information content (AvgIpc) is 2.55. The Kier molecular flexibility index (Phi) is 9.70. The highest BCUT2D eigenvalue weighted by atomic mass is 16.5. The highest BCUT2D eigenvalue weighted by Crippen LogP contribution is 2.18. The molecule has 0 spiro atoms. The first-order chi connectivity index (χ1) is 11.6. The molecule has 0 heterocycles. The fourth-order valence-electron chi connectivity index (χ4n) is 2.08. The summed E-state index contributed by atoms with van der Waals surface area (Å²) in [4.78, 5) is 22.6. The van der Waals surface area contributed by atoms with Crippen LogP contribution in [0.3, 0.4) is 0 Å². The van der Waals surface area contributed by atoms with Crippen molar-refractivity contribution in [2.24, 2.45) is 0 Å². The summed E-state index contributed by atoms with van der Waals surface area (Å²) in [6.45, 7) is 2.64. The van der Waals surface area contributed by atoms with E-state index in [9.17, 15) is 9.59 Å². The van der Waals surface area contributed by atoms with E-state index in [1.54, 1.807) is 6.07 Å². The number of nitrogens with zero attached hydrogens (tertiary/aromatic N) is 1. The van der Waals surface area contributed by atoms with Crippen molar-refractivity contribution in [1.29, 1.82) is 5.26 Å². The van der Waals surface area contributed by atoms with E-state index in [0.717, 1.165) is 19.3 Å². The van der Waals surface area contributed by atoms with E-state index in [4.69, 9.17) is 10.00 Å².